The fourth-order valence-corrected chi connectivity index (χ4v) is 3.63. The molecule has 0 aromatic heterocycles. The minimum absolute atomic E-state index is 0.113. The monoisotopic (exact) mass is 489 g/mol. The topological polar surface area (TPSA) is 79.5 Å². The van der Waals surface area contributed by atoms with E-state index >= 15 is 0 Å². The highest BCUT2D eigenvalue weighted by Gasteiger charge is 2.09. The highest BCUT2D eigenvalue weighted by molar-refractivity contribution is 7.80. The highest BCUT2D eigenvalue weighted by atomic mass is 32.1. The van der Waals surface area contributed by atoms with Crippen LogP contribution in [0.4, 0.5) is 11.4 Å². The molecule has 0 heterocycles. The molecule has 0 aliphatic carbocycles. The van der Waals surface area contributed by atoms with Crippen molar-refractivity contribution < 1.29 is 14.3 Å². The predicted molar refractivity (Wildman–Crippen MR) is 145 cm³/mol. The van der Waals surface area contributed by atoms with E-state index in [1.54, 1.807) is 48.5 Å². The Bertz CT molecular complexity index is 1120. The van der Waals surface area contributed by atoms with Gasteiger partial charge in [-0.25, -0.2) is 0 Å². The van der Waals surface area contributed by atoms with E-state index in [1.807, 2.05) is 30.3 Å². The summed E-state index contributed by atoms with van der Waals surface area (Å²) in [6, 6.07) is 23.7. The van der Waals surface area contributed by atoms with Crippen molar-refractivity contribution in [2.75, 3.05) is 17.2 Å². The molecular formula is C28H31N3O3S. The van der Waals surface area contributed by atoms with Gasteiger partial charge in [0.25, 0.3) is 5.91 Å². The number of carbonyl (C=O) groups excluding carboxylic acids is 2. The number of rotatable bonds is 11. The third-order valence-corrected chi connectivity index (χ3v) is 5.43. The zero-order valence-electron chi connectivity index (χ0n) is 19.9. The van der Waals surface area contributed by atoms with E-state index in [0.717, 1.165) is 24.2 Å². The van der Waals surface area contributed by atoms with Crippen LogP contribution < -0.4 is 20.7 Å². The molecule has 0 spiro atoms. The zero-order valence-corrected chi connectivity index (χ0v) is 20.7. The Kier molecular flexibility index (Phi) is 10.3. The van der Waals surface area contributed by atoms with Crippen LogP contribution >= 0.6 is 12.2 Å². The number of nitrogens with one attached hydrogen (secondary N) is 3. The van der Waals surface area contributed by atoms with Crippen molar-refractivity contribution >= 4 is 40.5 Å². The summed E-state index contributed by atoms with van der Waals surface area (Å²) in [5.41, 5.74) is 2.71. The van der Waals surface area contributed by atoms with Gasteiger partial charge in [-0.15, -0.1) is 0 Å². The molecule has 0 saturated carbocycles. The number of benzene rings is 3. The quantitative estimate of drug-likeness (QED) is 0.229. The SMILES string of the molecule is CCCCCCOc1ccc(C(=O)NC(=S)Nc2cccc(NC(=O)Cc3ccccc3)c2)cc1. The molecule has 3 N–H and O–H groups in total. The molecule has 0 radical (unpaired) electrons. The van der Waals surface area contributed by atoms with Gasteiger partial charge >= 0.3 is 0 Å². The van der Waals surface area contributed by atoms with Crippen LogP contribution in [-0.2, 0) is 11.2 Å². The molecule has 0 atom stereocenters. The molecule has 3 aromatic rings. The minimum atomic E-state index is -0.315. The molecule has 0 saturated heterocycles. The molecule has 3 aromatic carbocycles. The summed E-state index contributed by atoms with van der Waals surface area (Å²) in [6.07, 6.45) is 4.87. The normalized spacial score (nSPS) is 10.3. The van der Waals surface area contributed by atoms with Gasteiger partial charge in [0, 0.05) is 16.9 Å². The fourth-order valence-electron chi connectivity index (χ4n) is 3.42. The summed E-state index contributed by atoms with van der Waals surface area (Å²) in [6.45, 7) is 2.85. The third kappa shape index (κ3) is 9.22. The fraction of sp³-hybridized carbons (Fsp3) is 0.250. The Hall–Kier alpha value is -3.71. The van der Waals surface area contributed by atoms with Crippen molar-refractivity contribution in [1.29, 1.82) is 0 Å². The molecule has 182 valence electrons. The molecule has 0 unspecified atom stereocenters. The van der Waals surface area contributed by atoms with Gasteiger partial charge in [0.05, 0.1) is 13.0 Å². The summed E-state index contributed by atoms with van der Waals surface area (Å²) >= 11 is 5.29. The van der Waals surface area contributed by atoms with Gasteiger partial charge in [-0.2, -0.15) is 0 Å². The molecule has 2 amide bonds. The minimum Gasteiger partial charge on any atom is -0.494 e. The van der Waals surface area contributed by atoms with Crippen LogP contribution in [0, 0.1) is 0 Å². The van der Waals surface area contributed by atoms with Crippen LogP contribution in [0.5, 0.6) is 5.75 Å². The van der Waals surface area contributed by atoms with Gasteiger partial charge in [-0.1, -0.05) is 62.6 Å². The van der Waals surface area contributed by atoms with Gasteiger partial charge < -0.3 is 15.4 Å². The summed E-state index contributed by atoms with van der Waals surface area (Å²) in [7, 11) is 0. The summed E-state index contributed by atoms with van der Waals surface area (Å²) in [4.78, 5) is 24.9. The maximum atomic E-state index is 12.5. The molecule has 0 aliphatic rings. The first kappa shape index (κ1) is 25.9. The van der Waals surface area contributed by atoms with E-state index < -0.39 is 0 Å². The number of unbranched alkanes of at least 4 members (excludes halogenated alkanes) is 3. The average molecular weight is 490 g/mol. The lowest BCUT2D eigenvalue weighted by Gasteiger charge is -2.12. The Labute approximate surface area is 212 Å². The van der Waals surface area contributed by atoms with Gasteiger partial charge in [-0.3, -0.25) is 14.9 Å². The second-order valence-corrected chi connectivity index (χ2v) is 8.54. The Morgan fingerprint density at radius 2 is 1.54 bits per heavy atom. The molecule has 0 aliphatic heterocycles. The molecule has 3 rings (SSSR count). The number of anilines is 2. The third-order valence-electron chi connectivity index (χ3n) is 5.22. The smallest absolute Gasteiger partial charge is 0.257 e. The first-order chi connectivity index (χ1) is 17.0. The Morgan fingerprint density at radius 3 is 2.26 bits per heavy atom. The van der Waals surface area contributed by atoms with Crippen molar-refractivity contribution in [3.05, 3.63) is 90.0 Å². The van der Waals surface area contributed by atoms with Gasteiger partial charge in [-0.05, 0) is 66.7 Å². The number of carbonyl (C=O) groups is 2. The van der Waals surface area contributed by atoms with Crippen molar-refractivity contribution in [3.8, 4) is 5.75 Å². The zero-order chi connectivity index (χ0) is 24.9. The van der Waals surface area contributed by atoms with E-state index in [9.17, 15) is 9.59 Å². The number of amides is 2. The van der Waals surface area contributed by atoms with Crippen LogP contribution in [-0.4, -0.2) is 23.5 Å². The van der Waals surface area contributed by atoms with Crippen molar-refractivity contribution in [2.24, 2.45) is 0 Å². The Morgan fingerprint density at radius 1 is 0.829 bits per heavy atom. The molecule has 6 nitrogen and oxygen atoms in total. The predicted octanol–water partition coefficient (Wildman–Crippen LogP) is 5.95. The maximum Gasteiger partial charge on any atom is 0.257 e. The van der Waals surface area contributed by atoms with E-state index in [-0.39, 0.29) is 23.3 Å². The van der Waals surface area contributed by atoms with Gasteiger partial charge in [0.2, 0.25) is 5.91 Å². The van der Waals surface area contributed by atoms with Crippen molar-refractivity contribution in [3.63, 3.8) is 0 Å². The average Bonchev–Trinajstić information content (AvgIpc) is 2.85. The van der Waals surface area contributed by atoms with Gasteiger partial charge in [0.1, 0.15) is 5.75 Å². The van der Waals surface area contributed by atoms with Crippen LogP contribution in [0.2, 0.25) is 0 Å². The van der Waals surface area contributed by atoms with Crippen LogP contribution in [0.25, 0.3) is 0 Å². The first-order valence-corrected chi connectivity index (χ1v) is 12.2. The second kappa shape index (κ2) is 13.9. The molecule has 0 bridgehead atoms. The number of ether oxygens (including phenoxy) is 1. The standard InChI is InChI=1S/C28H31N3O3S/c1-2-3-4-8-18-34-25-16-14-22(15-17-25)27(33)31-28(35)30-24-13-9-12-23(20-24)29-26(32)19-21-10-6-5-7-11-21/h5-7,9-17,20H,2-4,8,18-19H2,1H3,(H,29,32)(H2,30,31,33,35). The summed E-state index contributed by atoms with van der Waals surface area (Å²) < 4.78 is 5.72. The van der Waals surface area contributed by atoms with Crippen LogP contribution in [0.15, 0.2) is 78.9 Å². The van der Waals surface area contributed by atoms with E-state index in [4.69, 9.17) is 17.0 Å². The van der Waals surface area contributed by atoms with Crippen LogP contribution in [0.3, 0.4) is 0 Å². The summed E-state index contributed by atoms with van der Waals surface area (Å²) in [5, 5.41) is 8.71. The lowest BCUT2D eigenvalue weighted by molar-refractivity contribution is -0.115. The van der Waals surface area contributed by atoms with Crippen LogP contribution in [0.1, 0.15) is 48.5 Å². The lowest BCUT2D eigenvalue weighted by atomic mass is 10.1. The van der Waals surface area contributed by atoms with Crippen molar-refractivity contribution in [2.45, 2.75) is 39.0 Å². The first-order valence-electron chi connectivity index (χ1n) is 11.8. The largest absolute Gasteiger partial charge is 0.494 e. The molecule has 7 heteroatoms. The van der Waals surface area contributed by atoms with E-state index in [1.165, 1.54) is 12.8 Å². The number of hydrogen-bond acceptors (Lipinski definition) is 4. The summed E-state index contributed by atoms with van der Waals surface area (Å²) in [5.74, 6) is 0.312. The number of thiocarbonyl (C=S) groups is 1. The second-order valence-electron chi connectivity index (χ2n) is 8.13. The van der Waals surface area contributed by atoms with Crippen molar-refractivity contribution in [1.82, 2.24) is 5.32 Å². The van der Waals surface area contributed by atoms with E-state index in [0.29, 0.717) is 23.5 Å². The maximum absolute atomic E-state index is 12.5. The van der Waals surface area contributed by atoms with Gasteiger partial charge in [0.15, 0.2) is 5.11 Å². The lowest BCUT2D eigenvalue weighted by Crippen LogP contribution is -2.34. The number of hydrogen-bond donors (Lipinski definition) is 3. The Balaban J connectivity index is 1.46. The highest BCUT2D eigenvalue weighted by Crippen LogP contribution is 2.16. The van der Waals surface area contributed by atoms with E-state index in [2.05, 4.69) is 22.9 Å². The molecule has 35 heavy (non-hydrogen) atoms. The molecular weight excluding hydrogens is 458 g/mol. The molecule has 0 fully saturated rings.